The Hall–Kier alpha value is -3.12. The van der Waals surface area contributed by atoms with E-state index in [2.05, 4.69) is 0 Å². The smallest absolute Gasteiger partial charge is 0.375 e. The van der Waals surface area contributed by atoms with Gasteiger partial charge in [-0.1, -0.05) is 48.5 Å². The number of ether oxygens (including phenoxy) is 2. The molecule has 0 fully saturated rings. The molecule has 0 unspecified atom stereocenters. The second-order valence-corrected chi connectivity index (χ2v) is 6.77. The van der Waals surface area contributed by atoms with Crippen LogP contribution in [-0.2, 0) is 27.4 Å². The summed E-state index contributed by atoms with van der Waals surface area (Å²) in [6, 6.07) is 17.0. The number of furan rings is 1. The van der Waals surface area contributed by atoms with Gasteiger partial charge in [-0.3, -0.25) is 4.79 Å². The Morgan fingerprint density at radius 1 is 1.07 bits per heavy atom. The van der Waals surface area contributed by atoms with Gasteiger partial charge in [0, 0.05) is 31.1 Å². The molecule has 0 spiro atoms. The maximum atomic E-state index is 12.8. The first kappa shape index (κ1) is 20.6. The van der Waals surface area contributed by atoms with E-state index in [1.807, 2.05) is 55.5 Å². The van der Waals surface area contributed by atoms with Crippen molar-refractivity contribution in [2.75, 3.05) is 13.7 Å². The molecular formula is C23H25NO5. The number of para-hydroxylation sites is 1. The van der Waals surface area contributed by atoms with Crippen LogP contribution in [0.5, 0.6) is 0 Å². The zero-order chi connectivity index (χ0) is 20.8. The van der Waals surface area contributed by atoms with E-state index in [-0.39, 0.29) is 18.3 Å². The summed E-state index contributed by atoms with van der Waals surface area (Å²) in [6.45, 7) is 4.61. The lowest BCUT2D eigenvalue weighted by Gasteiger charge is -2.21. The number of carbonyl (C=O) groups is 2. The van der Waals surface area contributed by atoms with Crippen molar-refractivity contribution in [3.05, 3.63) is 71.5 Å². The molecule has 0 radical (unpaired) electrons. The molecule has 0 aliphatic rings. The number of esters is 1. The van der Waals surface area contributed by atoms with Crippen LogP contribution in [-0.4, -0.2) is 36.5 Å². The summed E-state index contributed by atoms with van der Waals surface area (Å²) in [5.41, 5.74) is 2.21. The van der Waals surface area contributed by atoms with E-state index >= 15 is 0 Å². The number of fused-ring (bicyclic) bond motifs is 1. The minimum absolute atomic E-state index is 0.0741. The molecule has 1 aromatic heterocycles. The lowest BCUT2D eigenvalue weighted by Crippen LogP contribution is -2.37. The van der Waals surface area contributed by atoms with Crippen molar-refractivity contribution in [1.29, 1.82) is 0 Å². The van der Waals surface area contributed by atoms with Gasteiger partial charge in [-0.25, -0.2) is 4.79 Å². The molecule has 6 nitrogen and oxygen atoms in total. The normalized spacial score (nSPS) is 12.0. The van der Waals surface area contributed by atoms with Gasteiger partial charge in [0.25, 0.3) is 5.91 Å². The summed E-state index contributed by atoms with van der Waals surface area (Å²) in [4.78, 5) is 26.9. The van der Waals surface area contributed by atoms with Gasteiger partial charge in [-0.15, -0.1) is 0 Å². The van der Waals surface area contributed by atoms with Crippen LogP contribution in [0.3, 0.4) is 0 Å². The zero-order valence-corrected chi connectivity index (χ0v) is 16.9. The highest BCUT2D eigenvalue weighted by atomic mass is 16.6. The summed E-state index contributed by atoms with van der Waals surface area (Å²) in [7, 11) is 1.68. The molecule has 152 valence electrons. The molecule has 3 rings (SSSR count). The van der Waals surface area contributed by atoms with Crippen LogP contribution in [0.15, 0.2) is 59.0 Å². The Kier molecular flexibility index (Phi) is 6.67. The third-order valence-electron chi connectivity index (χ3n) is 4.60. The maximum Gasteiger partial charge on any atom is 0.375 e. The molecule has 2 aromatic carbocycles. The predicted octanol–water partition coefficient (Wildman–Crippen LogP) is 4.17. The first-order valence-corrected chi connectivity index (χ1v) is 9.59. The first-order valence-electron chi connectivity index (χ1n) is 9.59. The van der Waals surface area contributed by atoms with Gasteiger partial charge in [-0.05, 0) is 25.5 Å². The van der Waals surface area contributed by atoms with Crippen molar-refractivity contribution >= 4 is 22.8 Å². The number of hydrogen-bond donors (Lipinski definition) is 0. The highest BCUT2D eigenvalue weighted by Crippen LogP contribution is 2.27. The minimum atomic E-state index is -0.940. The number of carbonyl (C=O) groups excluding carboxylic acids is 2. The number of likely N-dealkylation sites (N-methyl/N-ethyl adjacent to an activating group) is 1. The third-order valence-corrected chi connectivity index (χ3v) is 4.60. The molecule has 1 heterocycles. The van der Waals surface area contributed by atoms with Crippen LogP contribution in [0.1, 0.15) is 35.5 Å². The molecule has 0 saturated carbocycles. The summed E-state index contributed by atoms with van der Waals surface area (Å²) in [6.07, 6.45) is -0.940. The number of benzene rings is 2. The SMILES string of the molecule is CCOCc1c(C(=O)O[C@@H](C)C(=O)N(C)Cc2ccccc2)oc2ccccc12. The van der Waals surface area contributed by atoms with Crippen molar-refractivity contribution in [2.24, 2.45) is 0 Å². The lowest BCUT2D eigenvalue weighted by molar-refractivity contribution is -0.139. The van der Waals surface area contributed by atoms with Crippen molar-refractivity contribution in [2.45, 2.75) is 33.1 Å². The quantitative estimate of drug-likeness (QED) is 0.536. The molecule has 1 amide bonds. The standard InChI is InChI=1S/C23H25NO5/c1-4-27-15-19-18-12-8-9-13-20(18)29-21(19)23(26)28-16(2)22(25)24(3)14-17-10-6-5-7-11-17/h5-13,16H,4,14-15H2,1-3H3/t16-/m0/s1. The predicted molar refractivity (Wildman–Crippen MR) is 109 cm³/mol. The van der Waals surface area contributed by atoms with Crippen molar-refractivity contribution < 1.29 is 23.5 Å². The molecule has 0 N–H and O–H groups in total. The van der Waals surface area contributed by atoms with E-state index < -0.39 is 12.1 Å². The molecule has 1 atom stereocenters. The Morgan fingerprint density at radius 3 is 2.48 bits per heavy atom. The van der Waals surface area contributed by atoms with E-state index in [9.17, 15) is 9.59 Å². The summed E-state index contributed by atoms with van der Waals surface area (Å²) >= 11 is 0. The number of nitrogens with zero attached hydrogens (tertiary/aromatic N) is 1. The van der Waals surface area contributed by atoms with Gasteiger partial charge in [0.05, 0.1) is 6.61 Å². The van der Waals surface area contributed by atoms with E-state index in [1.165, 1.54) is 4.90 Å². The molecule has 0 bridgehead atoms. The van der Waals surface area contributed by atoms with E-state index in [0.29, 0.717) is 24.3 Å². The Bertz CT molecular complexity index is 979. The van der Waals surface area contributed by atoms with Gasteiger partial charge < -0.3 is 18.8 Å². The topological polar surface area (TPSA) is 69.0 Å². The molecule has 0 saturated heterocycles. The summed E-state index contributed by atoms with van der Waals surface area (Å²) in [5, 5.41) is 0.799. The molecule has 3 aromatic rings. The van der Waals surface area contributed by atoms with Gasteiger partial charge in [0.2, 0.25) is 5.76 Å². The monoisotopic (exact) mass is 395 g/mol. The molecule has 29 heavy (non-hydrogen) atoms. The highest BCUT2D eigenvalue weighted by Gasteiger charge is 2.27. The Morgan fingerprint density at radius 2 is 1.76 bits per heavy atom. The van der Waals surface area contributed by atoms with E-state index in [4.69, 9.17) is 13.9 Å². The largest absolute Gasteiger partial charge is 0.449 e. The fraction of sp³-hybridized carbons (Fsp3) is 0.304. The fourth-order valence-electron chi connectivity index (χ4n) is 3.12. The maximum absolute atomic E-state index is 12.8. The van der Waals surface area contributed by atoms with Crippen molar-refractivity contribution in [1.82, 2.24) is 4.90 Å². The van der Waals surface area contributed by atoms with Crippen molar-refractivity contribution in [3.63, 3.8) is 0 Å². The van der Waals surface area contributed by atoms with Gasteiger partial charge in [-0.2, -0.15) is 0 Å². The van der Waals surface area contributed by atoms with Crippen molar-refractivity contribution in [3.8, 4) is 0 Å². The Balaban J connectivity index is 1.72. The summed E-state index contributed by atoms with van der Waals surface area (Å²) in [5.74, 6) is -0.889. The van der Waals surface area contributed by atoms with Crippen LogP contribution in [0.25, 0.3) is 11.0 Å². The van der Waals surface area contributed by atoms with Crippen LogP contribution in [0.4, 0.5) is 0 Å². The second kappa shape index (κ2) is 9.39. The number of hydrogen-bond acceptors (Lipinski definition) is 5. The number of rotatable bonds is 8. The molecule has 0 aliphatic heterocycles. The fourth-order valence-corrected chi connectivity index (χ4v) is 3.12. The zero-order valence-electron chi connectivity index (χ0n) is 16.9. The molecular weight excluding hydrogens is 370 g/mol. The van der Waals surface area contributed by atoms with E-state index in [1.54, 1.807) is 20.0 Å². The molecule has 6 heteroatoms. The average molecular weight is 395 g/mol. The molecule has 0 aliphatic carbocycles. The minimum Gasteiger partial charge on any atom is -0.449 e. The first-order chi connectivity index (χ1) is 14.0. The second-order valence-electron chi connectivity index (χ2n) is 6.77. The van der Waals surface area contributed by atoms with E-state index in [0.717, 1.165) is 10.9 Å². The van der Waals surface area contributed by atoms with Crippen LogP contribution < -0.4 is 0 Å². The summed E-state index contributed by atoms with van der Waals surface area (Å²) < 4.78 is 16.6. The van der Waals surface area contributed by atoms with Crippen LogP contribution in [0, 0.1) is 0 Å². The van der Waals surface area contributed by atoms with Gasteiger partial charge in [0.1, 0.15) is 5.58 Å². The van der Waals surface area contributed by atoms with Gasteiger partial charge >= 0.3 is 5.97 Å². The van der Waals surface area contributed by atoms with Crippen LogP contribution in [0.2, 0.25) is 0 Å². The lowest BCUT2D eigenvalue weighted by atomic mass is 10.1. The van der Waals surface area contributed by atoms with Gasteiger partial charge in [0.15, 0.2) is 6.10 Å². The average Bonchev–Trinajstić information content (AvgIpc) is 3.11. The number of amides is 1. The third kappa shape index (κ3) is 4.84. The van der Waals surface area contributed by atoms with Crippen LogP contribution >= 0.6 is 0 Å². The Labute approximate surface area is 170 Å². The highest BCUT2D eigenvalue weighted by molar-refractivity contribution is 5.97.